The number of nitrogens with one attached hydrogen (secondary N) is 1. The molecule has 0 unspecified atom stereocenters. The maximum absolute atomic E-state index is 12.7. The maximum Gasteiger partial charge on any atom is 0.364 e. The van der Waals surface area contributed by atoms with Gasteiger partial charge in [-0.05, 0) is 0 Å². The third-order valence-electron chi connectivity index (χ3n) is 2.76. The number of methoxy groups -OCH3 is 1. The fourth-order valence-electron chi connectivity index (χ4n) is 1.56. The molecule has 1 heterocycles. The van der Waals surface area contributed by atoms with E-state index in [9.17, 15) is 9.13 Å². The predicted molar refractivity (Wildman–Crippen MR) is 84.3 cm³/mol. The molecule has 1 aromatic heterocycles. The second kappa shape index (κ2) is 8.39. The lowest BCUT2D eigenvalue weighted by molar-refractivity contribution is 0.250. The van der Waals surface area contributed by atoms with E-state index in [2.05, 4.69) is 15.3 Å². The fraction of sp³-hybridized carbons (Fsp3) is 0.600. The van der Waals surface area contributed by atoms with Crippen molar-refractivity contribution in [1.29, 1.82) is 0 Å². The minimum Gasteiger partial charge on any atom is -0.481 e. The van der Waals surface area contributed by atoms with Crippen molar-refractivity contribution in [2.45, 2.75) is 5.52 Å². The zero-order valence-electron chi connectivity index (χ0n) is 13.2. The van der Waals surface area contributed by atoms with Gasteiger partial charge in [0, 0.05) is 34.5 Å². The highest BCUT2D eigenvalue weighted by Gasteiger charge is 2.50. The van der Waals surface area contributed by atoms with Crippen molar-refractivity contribution in [1.82, 2.24) is 9.97 Å². The molecule has 0 aliphatic heterocycles. The highest BCUT2D eigenvalue weighted by Crippen LogP contribution is 2.68. The van der Waals surface area contributed by atoms with E-state index in [1.54, 1.807) is 0 Å². The Morgan fingerprint density at radius 1 is 1.00 bits per heavy atom. The molecule has 0 atom stereocenters. The number of halogens is 1. The number of aromatic nitrogens is 2. The van der Waals surface area contributed by atoms with E-state index in [1.807, 2.05) is 0 Å². The topological polar surface area (TPSA) is 118 Å². The lowest BCUT2D eigenvalue weighted by Gasteiger charge is -2.29. The number of anilines is 1. The summed E-state index contributed by atoms with van der Waals surface area (Å²) in [5.41, 5.74) is -1.52. The van der Waals surface area contributed by atoms with Crippen LogP contribution in [0.25, 0.3) is 0 Å². The van der Waals surface area contributed by atoms with Gasteiger partial charge >= 0.3 is 15.2 Å². The van der Waals surface area contributed by atoms with Crippen LogP contribution in [0.15, 0.2) is 6.07 Å². The average Bonchev–Trinajstić information content (AvgIpc) is 2.57. The summed E-state index contributed by atoms with van der Waals surface area (Å²) in [4.78, 5) is 7.85. The summed E-state index contributed by atoms with van der Waals surface area (Å²) in [6.07, 6.45) is 0. The minimum absolute atomic E-state index is 0.0485. The van der Waals surface area contributed by atoms with Crippen LogP contribution < -0.4 is 10.1 Å². The van der Waals surface area contributed by atoms with Crippen LogP contribution in [-0.2, 0) is 27.2 Å². The summed E-state index contributed by atoms with van der Waals surface area (Å²) in [5, 5.41) is 2.62. The molecular weight excluding hydrogens is 372 g/mol. The Bertz CT molecular complexity index is 590. The summed E-state index contributed by atoms with van der Waals surface area (Å²) in [6, 6.07) is 1.36. The molecule has 0 fully saturated rings. The van der Waals surface area contributed by atoms with Gasteiger partial charge in [-0.15, -0.1) is 0 Å². The van der Waals surface area contributed by atoms with Gasteiger partial charge in [-0.3, -0.25) is 9.13 Å². The van der Waals surface area contributed by atoms with Crippen LogP contribution in [0.2, 0.25) is 5.15 Å². The van der Waals surface area contributed by atoms with Gasteiger partial charge in [0.05, 0.1) is 7.11 Å². The molecular formula is C10H18ClN3O7P2. The van der Waals surface area contributed by atoms with Gasteiger partial charge < -0.3 is 28.1 Å². The highest BCUT2D eigenvalue weighted by molar-refractivity contribution is 7.72. The first-order valence-electron chi connectivity index (χ1n) is 6.06. The van der Waals surface area contributed by atoms with Crippen LogP contribution in [0.1, 0.15) is 0 Å². The first-order chi connectivity index (χ1) is 10.8. The van der Waals surface area contributed by atoms with Crippen molar-refractivity contribution in [3.63, 3.8) is 0 Å². The van der Waals surface area contributed by atoms with Gasteiger partial charge in [0.1, 0.15) is 5.15 Å². The SMILES string of the molecule is COc1cc(Cl)nc(NC(P(=O)(OC)OC)P(=O)(OC)OC)n1. The van der Waals surface area contributed by atoms with Crippen molar-refractivity contribution < 1.29 is 32.0 Å². The van der Waals surface area contributed by atoms with E-state index >= 15 is 0 Å². The first-order valence-corrected chi connectivity index (χ1v) is 9.66. The third kappa shape index (κ3) is 4.64. The van der Waals surface area contributed by atoms with Crippen LogP contribution in [0.3, 0.4) is 0 Å². The minimum atomic E-state index is -3.94. The molecule has 0 aromatic carbocycles. The highest BCUT2D eigenvalue weighted by atomic mass is 35.5. The first kappa shape index (κ1) is 20.3. The van der Waals surface area contributed by atoms with Crippen LogP contribution in [0, 0.1) is 0 Å². The third-order valence-corrected chi connectivity index (χ3v) is 8.14. The van der Waals surface area contributed by atoms with Gasteiger partial charge in [0.15, 0.2) is 0 Å². The summed E-state index contributed by atoms with van der Waals surface area (Å²) in [5.74, 6) is 0.0172. The molecule has 0 radical (unpaired) electrons. The largest absolute Gasteiger partial charge is 0.481 e. The van der Waals surface area contributed by atoms with Crippen molar-refractivity contribution in [3.8, 4) is 5.88 Å². The quantitative estimate of drug-likeness (QED) is 0.498. The number of ether oxygens (including phenoxy) is 1. The summed E-state index contributed by atoms with van der Waals surface area (Å²) in [6.45, 7) is 0. The van der Waals surface area contributed by atoms with Crippen LogP contribution in [0.4, 0.5) is 5.95 Å². The summed E-state index contributed by atoms with van der Waals surface area (Å²) < 4.78 is 49.9. The van der Waals surface area contributed by atoms with Crippen LogP contribution in [0.5, 0.6) is 5.88 Å². The van der Waals surface area contributed by atoms with Crippen molar-refractivity contribution in [2.75, 3.05) is 40.9 Å². The van der Waals surface area contributed by atoms with E-state index < -0.39 is 20.7 Å². The Hall–Kier alpha value is -0.730. The Labute approximate surface area is 138 Å². The van der Waals surface area contributed by atoms with Gasteiger partial charge in [0.25, 0.3) is 0 Å². The van der Waals surface area contributed by atoms with E-state index in [0.29, 0.717) is 0 Å². The van der Waals surface area contributed by atoms with E-state index in [-0.39, 0.29) is 17.0 Å². The lowest BCUT2D eigenvalue weighted by atomic mass is 10.6. The predicted octanol–water partition coefficient (Wildman–Crippen LogP) is 2.81. The van der Waals surface area contributed by atoms with Gasteiger partial charge in [-0.2, -0.15) is 4.98 Å². The molecule has 13 heteroatoms. The number of hydrogen-bond donors (Lipinski definition) is 1. The number of hydrogen-bond acceptors (Lipinski definition) is 10. The van der Waals surface area contributed by atoms with E-state index in [1.165, 1.54) is 13.2 Å². The molecule has 1 rings (SSSR count). The molecule has 0 spiro atoms. The lowest BCUT2D eigenvalue weighted by Crippen LogP contribution is -2.24. The summed E-state index contributed by atoms with van der Waals surface area (Å²) >= 11 is 5.84. The van der Waals surface area contributed by atoms with Crippen molar-refractivity contribution in [2.24, 2.45) is 0 Å². The number of rotatable bonds is 9. The fourth-order valence-corrected chi connectivity index (χ4v) is 5.90. The zero-order chi connectivity index (χ0) is 17.7. The average molecular weight is 390 g/mol. The molecule has 0 bridgehead atoms. The van der Waals surface area contributed by atoms with Gasteiger partial charge in [-0.1, -0.05) is 11.6 Å². The van der Waals surface area contributed by atoms with Crippen molar-refractivity contribution >= 4 is 32.7 Å². The zero-order valence-corrected chi connectivity index (χ0v) is 15.7. The van der Waals surface area contributed by atoms with Crippen LogP contribution >= 0.6 is 26.8 Å². The van der Waals surface area contributed by atoms with Gasteiger partial charge in [0.2, 0.25) is 17.4 Å². The van der Waals surface area contributed by atoms with Gasteiger partial charge in [-0.25, -0.2) is 4.98 Å². The molecule has 0 aliphatic carbocycles. The monoisotopic (exact) mass is 389 g/mol. The molecule has 0 saturated carbocycles. The Balaban J connectivity index is 3.34. The molecule has 1 N–H and O–H groups in total. The second-order valence-corrected chi connectivity index (χ2v) is 9.33. The standard InChI is InChI=1S/C10H18ClN3O7P2/c1-17-8-6-7(11)12-9(13-8)14-10(22(15,18-2)19-3)23(16,20-4)21-5/h6,10H,1-5H3,(H,12,13,14). The Morgan fingerprint density at radius 3 is 1.87 bits per heavy atom. The second-order valence-electron chi connectivity index (χ2n) is 3.88. The van der Waals surface area contributed by atoms with Crippen LogP contribution in [-0.4, -0.2) is 51.0 Å². The Morgan fingerprint density at radius 2 is 1.48 bits per heavy atom. The van der Waals surface area contributed by atoms with E-state index in [0.717, 1.165) is 28.4 Å². The molecule has 23 heavy (non-hydrogen) atoms. The normalized spacial score (nSPS) is 12.5. The molecule has 0 amide bonds. The smallest absolute Gasteiger partial charge is 0.364 e. The summed E-state index contributed by atoms with van der Waals surface area (Å²) in [7, 11) is -1.97. The van der Waals surface area contributed by atoms with E-state index in [4.69, 9.17) is 34.4 Å². The number of nitrogens with zero attached hydrogens (tertiary/aromatic N) is 2. The molecule has 0 aliphatic rings. The van der Waals surface area contributed by atoms with Crippen molar-refractivity contribution in [3.05, 3.63) is 11.2 Å². The Kier molecular flexibility index (Phi) is 7.41. The maximum atomic E-state index is 12.7. The molecule has 132 valence electrons. The molecule has 10 nitrogen and oxygen atoms in total. The molecule has 1 aromatic rings. The molecule has 0 saturated heterocycles.